The van der Waals surface area contributed by atoms with E-state index in [1.54, 1.807) is 6.07 Å². The molecule has 0 saturated carbocycles. The van der Waals surface area contributed by atoms with Crippen LogP contribution in [-0.2, 0) is 11.3 Å². The summed E-state index contributed by atoms with van der Waals surface area (Å²) in [5, 5.41) is 2.69. The number of methoxy groups -OCH3 is 1. The zero-order valence-corrected chi connectivity index (χ0v) is 10.1. The Hall–Kier alpha value is -2.37. The van der Waals surface area contributed by atoms with Crippen molar-refractivity contribution in [2.24, 2.45) is 0 Å². The molecule has 6 heteroatoms. The van der Waals surface area contributed by atoms with Crippen molar-refractivity contribution in [1.29, 1.82) is 0 Å². The fourth-order valence-corrected chi connectivity index (χ4v) is 1.57. The van der Waals surface area contributed by atoms with Crippen LogP contribution in [0.2, 0.25) is 0 Å². The van der Waals surface area contributed by atoms with Gasteiger partial charge in [0.2, 0.25) is 5.76 Å². The standard InChI is InChI=1S/C13H11F2NO3/c1-18-13(17)12-8(4-5-19-12)7-16-11-6-9(14)2-3-10(11)15/h2-6,16H,7H2,1H3. The molecular formula is C13H11F2NO3. The molecular weight excluding hydrogens is 256 g/mol. The molecule has 100 valence electrons. The molecule has 0 saturated heterocycles. The maximum atomic E-state index is 13.4. The maximum Gasteiger partial charge on any atom is 0.374 e. The largest absolute Gasteiger partial charge is 0.463 e. The van der Waals surface area contributed by atoms with Crippen LogP contribution in [0.25, 0.3) is 0 Å². The molecule has 1 aromatic carbocycles. The number of furan rings is 1. The van der Waals surface area contributed by atoms with Gasteiger partial charge in [0.25, 0.3) is 0 Å². The Morgan fingerprint density at radius 2 is 2.16 bits per heavy atom. The van der Waals surface area contributed by atoms with Gasteiger partial charge in [-0.25, -0.2) is 13.6 Å². The second kappa shape index (κ2) is 5.51. The van der Waals surface area contributed by atoms with Crippen LogP contribution in [0.1, 0.15) is 16.1 Å². The highest BCUT2D eigenvalue weighted by Crippen LogP contribution is 2.18. The molecule has 2 rings (SSSR count). The fraction of sp³-hybridized carbons (Fsp3) is 0.154. The predicted molar refractivity (Wildman–Crippen MR) is 63.7 cm³/mol. The normalized spacial score (nSPS) is 10.3. The Labute approximate surface area is 108 Å². The molecule has 0 aliphatic rings. The first-order valence-corrected chi connectivity index (χ1v) is 5.45. The van der Waals surface area contributed by atoms with Gasteiger partial charge in [0.15, 0.2) is 0 Å². The third-order valence-corrected chi connectivity index (χ3v) is 2.52. The Morgan fingerprint density at radius 1 is 1.37 bits per heavy atom. The van der Waals surface area contributed by atoms with Crippen LogP contribution in [0.3, 0.4) is 0 Å². The van der Waals surface area contributed by atoms with Gasteiger partial charge >= 0.3 is 5.97 Å². The Bertz CT molecular complexity index is 595. The summed E-state index contributed by atoms with van der Waals surface area (Å²) < 4.78 is 35.9. The highest BCUT2D eigenvalue weighted by molar-refractivity contribution is 5.87. The van der Waals surface area contributed by atoms with Gasteiger partial charge < -0.3 is 14.5 Å². The van der Waals surface area contributed by atoms with Crippen molar-refractivity contribution in [3.05, 3.63) is 53.5 Å². The molecule has 4 nitrogen and oxygen atoms in total. The second-order valence-electron chi connectivity index (χ2n) is 3.74. The smallest absolute Gasteiger partial charge is 0.374 e. The summed E-state index contributed by atoms with van der Waals surface area (Å²) in [6.45, 7) is 0.112. The maximum absolute atomic E-state index is 13.4. The fourth-order valence-electron chi connectivity index (χ4n) is 1.57. The zero-order valence-electron chi connectivity index (χ0n) is 10.1. The number of hydrogen-bond acceptors (Lipinski definition) is 4. The van der Waals surface area contributed by atoms with Crippen molar-refractivity contribution >= 4 is 11.7 Å². The minimum Gasteiger partial charge on any atom is -0.463 e. The van der Waals surface area contributed by atoms with Crippen molar-refractivity contribution in [2.45, 2.75) is 6.54 Å². The molecule has 0 fully saturated rings. The van der Waals surface area contributed by atoms with Crippen LogP contribution in [-0.4, -0.2) is 13.1 Å². The van der Waals surface area contributed by atoms with Gasteiger partial charge in [-0.1, -0.05) is 0 Å². The second-order valence-corrected chi connectivity index (χ2v) is 3.74. The zero-order chi connectivity index (χ0) is 13.8. The van der Waals surface area contributed by atoms with E-state index in [-0.39, 0.29) is 18.0 Å². The molecule has 0 radical (unpaired) electrons. The van der Waals surface area contributed by atoms with Crippen molar-refractivity contribution in [2.75, 3.05) is 12.4 Å². The highest BCUT2D eigenvalue weighted by atomic mass is 19.1. The number of carbonyl (C=O) groups excluding carboxylic acids is 1. The summed E-state index contributed by atoms with van der Waals surface area (Å²) >= 11 is 0. The summed E-state index contributed by atoms with van der Waals surface area (Å²) in [7, 11) is 1.23. The van der Waals surface area contributed by atoms with Crippen molar-refractivity contribution in [3.63, 3.8) is 0 Å². The number of halogens is 2. The van der Waals surface area contributed by atoms with Gasteiger partial charge in [-0.2, -0.15) is 0 Å². The monoisotopic (exact) mass is 267 g/mol. The van der Waals surface area contributed by atoms with E-state index < -0.39 is 17.6 Å². The number of hydrogen-bond donors (Lipinski definition) is 1. The molecule has 1 aromatic heterocycles. The summed E-state index contributed by atoms with van der Waals surface area (Å²) in [4.78, 5) is 11.3. The molecule has 0 bridgehead atoms. The van der Waals surface area contributed by atoms with Gasteiger partial charge in [-0.15, -0.1) is 0 Å². The summed E-state index contributed by atoms with van der Waals surface area (Å²) in [6, 6.07) is 4.64. The van der Waals surface area contributed by atoms with E-state index >= 15 is 0 Å². The van der Waals surface area contributed by atoms with Crippen LogP contribution < -0.4 is 5.32 Å². The molecule has 0 spiro atoms. The van der Waals surface area contributed by atoms with E-state index in [2.05, 4.69) is 10.1 Å². The van der Waals surface area contributed by atoms with Crippen molar-refractivity contribution in [3.8, 4) is 0 Å². The topological polar surface area (TPSA) is 51.5 Å². The van der Waals surface area contributed by atoms with Crippen LogP contribution >= 0.6 is 0 Å². The van der Waals surface area contributed by atoms with Gasteiger partial charge in [0, 0.05) is 12.1 Å². The molecule has 0 aliphatic heterocycles. The summed E-state index contributed by atoms with van der Waals surface area (Å²) in [5.74, 6) is -1.72. The van der Waals surface area contributed by atoms with E-state index in [9.17, 15) is 13.6 Å². The first kappa shape index (κ1) is 13.1. The predicted octanol–water partition coefficient (Wildman–Crippen LogP) is 2.96. The lowest BCUT2D eigenvalue weighted by Crippen LogP contribution is -2.07. The lowest BCUT2D eigenvalue weighted by atomic mass is 10.2. The van der Waals surface area contributed by atoms with Crippen LogP contribution in [0.15, 0.2) is 34.9 Å². The van der Waals surface area contributed by atoms with Gasteiger partial charge in [-0.3, -0.25) is 0 Å². The number of rotatable bonds is 4. The molecule has 1 N–H and O–H groups in total. The molecule has 0 atom stereocenters. The number of anilines is 1. The Balaban J connectivity index is 2.13. The summed E-state index contributed by atoms with van der Waals surface area (Å²) in [6.07, 6.45) is 1.32. The molecule has 0 aliphatic carbocycles. The average molecular weight is 267 g/mol. The third-order valence-electron chi connectivity index (χ3n) is 2.52. The van der Waals surface area contributed by atoms with E-state index in [1.807, 2.05) is 0 Å². The van der Waals surface area contributed by atoms with Crippen molar-refractivity contribution < 1.29 is 22.7 Å². The summed E-state index contributed by atoms with van der Waals surface area (Å²) in [5.41, 5.74) is 0.507. The third kappa shape index (κ3) is 2.90. The quantitative estimate of drug-likeness (QED) is 0.865. The molecule has 0 unspecified atom stereocenters. The minimum absolute atomic E-state index is 0.0111. The van der Waals surface area contributed by atoms with E-state index in [0.29, 0.717) is 5.56 Å². The Morgan fingerprint density at radius 3 is 2.89 bits per heavy atom. The Kier molecular flexibility index (Phi) is 3.79. The van der Waals surface area contributed by atoms with E-state index in [4.69, 9.17) is 4.42 Å². The highest BCUT2D eigenvalue weighted by Gasteiger charge is 2.15. The van der Waals surface area contributed by atoms with Crippen molar-refractivity contribution in [1.82, 2.24) is 0 Å². The van der Waals surface area contributed by atoms with Gasteiger partial charge in [0.1, 0.15) is 11.6 Å². The van der Waals surface area contributed by atoms with E-state index in [0.717, 1.165) is 18.2 Å². The van der Waals surface area contributed by atoms with Crippen LogP contribution in [0, 0.1) is 11.6 Å². The number of ether oxygens (including phenoxy) is 1. The molecule has 19 heavy (non-hydrogen) atoms. The first-order valence-electron chi connectivity index (χ1n) is 5.45. The van der Waals surface area contributed by atoms with Crippen LogP contribution in [0.4, 0.5) is 14.5 Å². The number of esters is 1. The van der Waals surface area contributed by atoms with Crippen LogP contribution in [0.5, 0.6) is 0 Å². The number of benzene rings is 1. The lowest BCUT2D eigenvalue weighted by molar-refractivity contribution is 0.0563. The number of nitrogens with one attached hydrogen (secondary N) is 1. The van der Waals surface area contributed by atoms with Gasteiger partial charge in [0.05, 0.1) is 19.1 Å². The number of carbonyl (C=O) groups is 1. The van der Waals surface area contributed by atoms with E-state index in [1.165, 1.54) is 13.4 Å². The minimum atomic E-state index is -0.624. The lowest BCUT2D eigenvalue weighted by Gasteiger charge is -2.07. The average Bonchev–Trinajstić information content (AvgIpc) is 2.87. The SMILES string of the molecule is COC(=O)c1occc1CNc1cc(F)ccc1F. The molecule has 0 amide bonds. The molecule has 2 aromatic rings. The van der Waals surface area contributed by atoms with Gasteiger partial charge in [-0.05, 0) is 24.3 Å². The molecule has 1 heterocycles. The first-order chi connectivity index (χ1) is 9.11.